The normalized spacial score (nSPS) is 13.1. The maximum absolute atomic E-state index is 2.48. The van der Waals surface area contributed by atoms with Gasteiger partial charge in [0.05, 0.1) is 16.7 Å². The first-order chi connectivity index (χ1) is 27.0. The molecule has 0 atom stereocenters. The molecule has 11 rings (SSSR count). The van der Waals surface area contributed by atoms with Crippen molar-refractivity contribution in [3.63, 3.8) is 0 Å². The highest BCUT2D eigenvalue weighted by molar-refractivity contribution is 6.13. The minimum atomic E-state index is -0.102. The number of hydrogen-bond acceptors (Lipinski definition) is 1. The van der Waals surface area contributed by atoms with E-state index in [1.54, 1.807) is 0 Å². The molecule has 1 aliphatic rings. The molecule has 0 spiro atoms. The van der Waals surface area contributed by atoms with Gasteiger partial charge in [-0.25, -0.2) is 0 Å². The summed E-state index contributed by atoms with van der Waals surface area (Å²) in [6.07, 6.45) is 0. The largest absolute Gasteiger partial charge is 0.310 e. The molecule has 0 saturated carbocycles. The molecule has 10 aromatic rings. The maximum atomic E-state index is 2.48. The van der Waals surface area contributed by atoms with Crippen molar-refractivity contribution in [1.29, 1.82) is 0 Å². The van der Waals surface area contributed by atoms with Crippen molar-refractivity contribution in [1.82, 2.24) is 4.57 Å². The van der Waals surface area contributed by atoms with Crippen molar-refractivity contribution in [3.8, 4) is 27.9 Å². The van der Waals surface area contributed by atoms with Crippen LogP contribution in [-0.2, 0) is 5.41 Å². The van der Waals surface area contributed by atoms with E-state index in [-0.39, 0.29) is 5.41 Å². The smallest absolute Gasteiger partial charge is 0.0561 e. The van der Waals surface area contributed by atoms with Crippen LogP contribution in [0.2, 0.25) is 0 Å². The lowest BCUT2D eigenvalue weighted by molar-refractivity contribution is 0.661. The van der Waals surface area contributed by atoms with Crippen molar-refractivity contribution < 1.29 is 0 Å². The zero-order valence-corrected chi connectivity index (χ0v) is 30.9. The summed E-state index contributed by atoms with van der Waals surface area (Å²) in [5, 5.41) is 7.47. The number of benzene rings is 9. The first kappa shape index (κ1) is 31.6. The quantitative estimate of drug-likeness (QED) is 0.173. The van der Waals surface area contributed by atoms with E-state index in [2.05, 4.69) is 217 Å². The monoisotopic (exact) mass is 702 g/mol. The van der Waals surface area contributed by atoms with E-state index in [4.69, 9.17) is 0 Å². The van der Waals surface area contributed by atoms with E-state index in [9.17, 15) is 0 Å². The van der Waals surface area contributed by atoms with E-state index in [0.717, 1.165) is 17.1 Å². The van der Waals surface area contributed by atoms with Crippen LogP contribution in [0.4, 0.5) is 17.1 Å². The predicted octanol–water partition coefficient (Wildman–Crippen LogP) is 14.5. The fourth-order valence-corrected chi connectivity index (χ4v) is 9.29. The Morgan fingerprint density at radius 2 is 1.11 bits per heavy atom. The van der Waals surface area contributed by atoms with Gasteiger partial charge in [-0.1, -0.05) is 159 Å². The van der Waals surface area contributed by atoms with Crippen molar-refractivity contribution in [2.75, 3.05) is 4.90 Å². The number of nitrogens with zero attached hydrogens (tertiary/aromatic N) is 2. The summed E-state index contributed by atoms with van der Waals surface area (Å²) >= 11 is 0. The summed E-state index contributed by atoms with van der Waals surface area (Å²) in [5.41, 5.74) is 14.7. The third-order valence-electron chi connectivity index (χ3n) is 11.9. The van der Waals surface area contributed by atoms with Crippen LogP contribution in [0.1, 0.15) is 25.0 Å². The fourth-order valence-electron chi connectivity index (χ4n) is 9.29. The van der Waals surface area contributed by atoms with Gasteiger partial charge in [0, 0.05) is 38.6 Å². The number of para-hydroxylation sites is 1. The Morgan fingerprint density at radius 1 is 0.436 bits per heavy atom. The zero-order chi connectivity index (χ0) is 36.7. The topological polar surface area (TPSA) is 8.17 Å². The molecule has 0 radical (unpaired) electrons. The number of aromatic nitrogens is 1. The Morgan fingerprint density at radius 3 is 1.98 bits per heavy atom. The maximum Gasteiger partial charge on any atom is 0.0561 e. The highest BCUT2D eigenvalue weighted by Gasteiger charge is 2.37. The molecule has 0 aliphatic heterocycles. The molecule has 1 aromatic heterocycles. The van der Waals surface area contributed by atoms with Gasteiger partial charge in [0.1, 0.15) is 0 Å². The van der Waals surface area contributed by atoms with Crippen LogP contribution in [0.15, 0.2) is 194 Å². The van der Waals surface area contributed by atoms with Gasteiger partial charge >= 0.3 is 0 Å². The Labute approximate surface area is 321 Å². The number of anilines is 3. The molecule has 0 fully saturated rings. The summed E-state index contributed by atoms with van der Waals surface area (Å²) in [6, 6.07) is 71.5. The minimum Gasteiger partial charge on any atom is -0.310 e. The summed E-state index contributed by atoms with van der Waals surface area (Å²) < 4.78 is 2.44. The van der Waals surface area contributed by atoms with Gasteiger partial charge in [0.15, 0.2) is 0 Å². The molecule has 0 unspecified atom stereocenters. The lowest BCUT2D eigenvalue weighted by Gasteiger charge is -2.29. The van der Waals surface area contributed by atoms with Crippen LogP contribution in [-0.4, -0.2) is 4.57 Å². The summed E-state index contributed by atoms with van der Waals surface area (Å²) in [7, 11) is 0. The molecule has 0 saturated heterocycles. The molecule has 0 amide bonds. The van der Waals surface area contributed by atoms with Gasteiger partial charge in [-0.05, 0) is 98.1 Å². The average Bonchev–Trinajstić information content (AvgIpc) is 3.69. The van der Waals surface area contributed by atoms with Crippen LogP contribution in [0.3, 0.4) is 0 Å². The number of hydrogen-bond donors (Lipinski definition) is 0. The third kappa shape index (κ3) is 4.81. The van der Waals surface area contributed by atoms with Gasteiger partial charge in [-0.15, -0.1) is 0 Å². The van der Waals surface area contributed by atoms with Gasteiger partial charge in [-0.3, -0.25) is 0 Å². The second-order valence-corrected chi connectivity index (χ2v) is 15.4. The Balaban J connectivity index is 1.20. The van der Waals surface area contributed by atoms with Crippen molar-refractivity contribution >= 4 is 60.4 Å². The molecule has 1 heterocycles. The summed E-state index contributed by atoms with van der Waals surface area (Å²) in [5.74, 6) is 0. The highest BCUT2D eigenvalue weighted by atomic mass is 15.1. The minimum absolute atomic E-state index is 0.102. The molecule has 9 aromatic carbocycles. The fraction of sp³-hybridized carbons (Fsp3) is 0.0566. The SMILES string of the molecule is CC1(C)c2ccccc2-c2c1ccc1cccc(N(c3ccc(-c4ccccc4)cc3)c3ccc4c5ccccc5n(-c5ccc6ccccc6c5)c4c3)c21. The number of rotatable bonds is 5. The Hall–Kier alpha value is -6.90. The molecule has 260 valence electrons. The predicted molar refractivity (Wildman–Crippen MR) is 233 cm³/mol. The summed E-state index contributed by atoms with van der Waals surface area (Å²) in [6.45, 7) is 4.73. The first-order valence-corrected chi connectivity index (χ1v) is 19.2. The van der Waals surface area contributed by atoms with Gasteiger partial charge in [0.2, 0.25) is 0 Å². The second-order valence-electron chi connectivity index (χ2n) is 15.4. The molecule has 1 aliphatic carbocycles. The van der Waals surface area contributed by atoms with E-state index < -0.39 is 0 Å². The van der Waals surface area contributed by atoms with Crippen molar-refractivity contribution in [3.05, 3.63) is 205 Å². The molecule has 0 bridgehead atoms. The molecule has 2 heteroatoms. The van der Waals surface area contributed by atoms with Crippen molar-refractivity contribution in [2.45, 2.75) is 19.3 Å². The van der Waals surface area contributed by atoms with E-state index in [1.807, 2.05) is 0 Å². The van der Waals surface area contributed by atoms with E-state index in [1.165, 1.54) is 82.4 Å². The second kappa shape index (κ2) is 12.1. The Kier molecular flexibility index (Phi) is 6.93. The van der Waals surface area contributed by atoms with Crippen LogP contribution in [0, 0.1) is 0 Å². The molecular formula is C53H38N2. The Bertz CT molecular complexity index is 3110. The first-order valence-electron chi connectivity index (χ1n) is 19.2. The zero-order valence-electron chi connectivity index (χ0n) is 30.9. The standard InChI is InChI=1S/C53H38N2/c1-53(2)46-20-10-8-19-45(46)52-47(53)32-26-38-17-12-22-49(51(38)52)54(40-27-23-37(24-28-40)35-13-4-3-5-14-35)42-30-31-44-43-18-9-11-21-48(43)55(50(44)34-42)41-29-25-36-15-6-7-16-39(36)33-41/h3-34H,1-2H3. The average molecular weight is 703 g/mol. The van der Waals surface area contributed by atoms with E-state index in [0.29, 0.717) is 0 Å². The van der Waals surface area contributed by atoms with Crippen LogP contribution < -0.4 is 4.90 Å². The van der Waals surface area contributed by atoms with E-state index >= 15 is 0 Å². The summed E-state index contributed by atoms with van der Waals surface area (Å²) in [4.78, 5) is 2.48. The van der Waals surface area contributed by atoms with Crippen LogP contribution in [0.25, 0.3) is 71.3 Å². The van der Waals surface area contributed by atoms with Crippen molar-refractivity contribution in [2.24, 2.45) is 0 Å². The van der Waals surface area contributed by atoms with Gasteiger partial charge < -0.3 is 9.47 Å². The molecule has 2 nitrogen and oxygen atoms in total. The third-order valence-corrected chi connectivity index (χ3v) is 11.9. The highest BCUT2D eigenvalue weighted by Crippen LogP contribution is 2.54. The lowest BCUT2D eigenvalue weighted by atomic mass is 9.82. The number of fused-ring (bicyclic) bond motifs is 9. The molecular weight excluding hydrogens is 665 g/mol. The van der Waals surface area contributed by atoms with Crippen LogP contribution in [0.5, 0.6) is 0 Å². The molecule has 0 N–H and O–H groups in total. The van der Waals surface area contributed by atoms with Gasteiger partial charge in [-0.2, -0.15) is 0 Å². The van der Waals surface area contributed by atoms with Gasteiger partial charge in [0.25, 0.3) is 0 Å². The molecule has 55 heavy (non-hydrogen) atoms. The lowest BCUT2D eigenvalue weighted by Crippen LogP contribution is -2.15. The van der Waals surface area contributed by atoms with Crippen LogP contribution >= 0.6 is 0 Å².